The third kappa shape index (κ3) is 5.58. The standard InChI is InChI=1S/C31H34O11/c32-10-9-31(40)21-11-16(3-7-24-27(36)23(35)13-18(14-33)41-24)1-5-19(21)20-6-2-17(12-22(20)31)4-8-25-28(37)30(39)29(38)26(15-34)42-25/h1-2,5-6,11-12,18,23-30,32-40H,9-10,13-15H2/t18?,23?,24?,25?,26?,27?,28?,29-,30?,31?/m1/s1. The molecule has 9 unspecified atom stereocenters. The average molecular weight is 583 g/mol. The van der Waals surface area contributed by atoms with Crippen LogP contribution in [0.1, 0.15) is 35.1 Å². The monoisotopic (exact) mass is 582 g/mol. The summed E-state index contributed by atoms with van der Waals surface area (Å²) in [4.78, 5) is 0. The third-order valence-electron chi connectivity index (χ3n) is 8.06. The van der Waals surface area contributed by atoms with E-state index in [1.165, 1.54) is 0 Å². The minimum Gasteiger partial charge on any atom is -0.396 e. The number of fused-ring (bicyclic) bond motifs is 3. The highest BCUT2D eigenvalue weighted by Gasteiger charge is 2.43. The Morgan fingerprint density at radius 1 is 0.714 bits per heavy atom. The molecule has 0 radical (unpaired) electrons. The van der Waals surface area contributed by atoms with Gasteiger partial charge in [-0.05, 0) is 46.5 Å². The second-order valence-electron chi connectivity index (χ2n) is 10.8. The number of benzene rings is 2. The summed E-state index contributed by atoms with van der Waals surface area (Å²) in [5, 5.41) is 91.2. The molecular weight excluding hydrogens is 548 g/mol. The second kappa shape index (κ2) is 12.4. The molecule has 2 aromatic carbocycles. The van der Waals surface area contributed by atoms with Gasteiger partial charge in [0, 0.05) is 30.6 Å². The number of aliphatic hydroxyl groups excluding tert-OH is 8. The molecule has 42 heavy (non-hydrogen) atoms. The van der Waals surface area contributed by atoms with Crippen LogP contribution in [0.4, 0.5) is 0 Å². The van der Waals surface area contributed by atoms with E-state index in [2.05, 4.69) is 23.7 Å². The SMILES string of the molecule is OCCC1(O)c2cc(C#CC3OC(CO)CC(O)C3O)ccc2-c2ccc(C#CC3OC(CO)[C@@H](O)C(O)C3O)cc21. The maximum Gasteiger partial charge on any atom is 0.147 e. The second-order valence-corrected chi connectivity index (χ2v) is 10.8. The summed E-state index contributed by atoms with van der Waals surface area (Å²) >= 11 is 0. The van der Waals surface area contributed by atoms with Gasteiger partial charge in [0.25, 0.3) is 0 Å². The van der Waals surface area contributed by atoms with Gasteiger partial charge in [0.15, 0.2) is 0 Å². The lowest BCUT2D eigenvalue weighted by atomic mass is 9.87. The molecule has 2 saturated heterocycles. The van der Waals surface area contributed by atoms with Crippen LogP contribution in [-0.4, -0.2) is 121 Å². The first-order valence-electron chi connectivity index (χ1n) is 13.7. The largest absolute Gasteiger partial charge is 0.396 e. The number of aliphatic hydroxyl groups is 9. The van der Waals surface area contributed by atoms with Crippen molar-refractivity contribution in [3.8, 4) is 34.8 Å². The van der Waals surface area contributed by atoms with E-state index < -0.39 is 67.1 Å². The van der Waals surface area contributed by atoms with E-state index in [1.807, 2.05) is 0 Å². The Balaban J connectivity index is 1.44. The number of hydrogen-bond donors (Lipinski definition) is 9. The van der Waals surface area contributed by atoms with Crippen molar-refractivity contribution in [2.24, 2.45) is 0 Å². The van der Waals surface area contributed by atoms with E-state index in [0.29, 0.717) is 22.3 Å². The molecule has 9 N–H and O–H groups in total. The maximum atomic E-state index is 11.9. The number of rotatable bonds is 4. The van der Waals surface area contributed by atoms with Crippen molar-refractivity contribution in [2.75, 3.05) is 19.8 Å². The van der Waals surface area contributed by atoms with Crippen molar-refractivity contribution in [1.29, 1.82) is 0 Å². The molecule has 0 aromatic heterocycles. The lowest BCUT2D eigenvalue weighted by Crippen LogP contribution is -2.58. The van der Waals surface area contributed by atoms with E-state index in [9.17, 15) is 46.0 Å². The molecule has 0 amide bonds. The van der Waals surface area contributed by atoms with Crippen molar-refractivity contribution < 1.29 is 55.4 Å². The Morgan fingerprint density at radius 2 is 1.29 bits per heavy atom. The van der Waals surface area contributed by atoms with Crippen LogP contribution < -0.4 is 0 Å². The summed E-state index contributed by atoms with van der Waals surface area (Å²) in [6, 6.07) is 10.4. The lowest BCUT2D eigenvalue weighted by molar-refractivity contribution is -0.214. The highest BCUT2D eigenvalue weighted by molar-refractivity contribution is 5.81. The summed E-state index contributed by atoms with van der Waals surface area (Å²) in [6.07, 6.45) is -10.7. The van der Waals surface area contributed by atoms with Crippen molar-refractivity contribution in [2.45, 2.75) is 73.4 Å². The van der Waals surface area contributed by atoms with Crippen molar-refractivity contribution >= 4 is 0 Å². The molecule has 0 saturated carbocycles. The Hall–Kier alpha value is -2.88. The zero-order valence-corrected chi connectivity index (χ0v) is 22.5. The summed E-state index contributed by atoms with van der Waals surface area (Å²) in [5.74, 6) is 11.3. The van der Waals surface area contributed by atoms with Crippen molar-refractivity contribution in [3.05, 3.63) is 58.7 Å². The molecule has 2 aliphatic heterocycles. The van der Waals surface area contributed by atoms with Gasteiger partial charge in [-0.3, -0.25) is 0 Å². The summed E-state index contributed by atoms with van der Waals surface area (Å²) < 4.78 is 11.0. The molecule has 0 bridgehead atoms. The molecular formula is C31H34O11. The van der Waals surface area contributed by atoms with Gasteiger partial charge in [-0.1, -0.05) is 35.8 Å². The smallest absolute Gasteiger partial charge is 0.147 e. The molecule has 5 rings (SSSR count). The first kappa shape index (κ1) is 30.6. The van der Waals surface area contributed by atoms with Crippen LogP contribution in [0.5, 0.6) is 0 Å². The fourth-order valence-electron chi connectivity index (χ4n) is 5.69. The first-order valence-corrected chi connectivity index (χ1v) is 13.7. The van der Waals surface area contributed by atoms with Crippen LogP contribution in [-0.2, 0) is 15.1 Å². The Labute approximate surface area is 242 Å². The summed E-state index contributed by atoms with van der Waals surface area (Å²) in [6.45, 7) is -1.21. The van der Waals surface area contributed by atoms with Crippen LogP contribution in [0.2, 0.25) is 0 Å². The first-order chi connectivity index (χ1) is 20.1. The number of ether oxygens (including phenoxy) is 2. The third-order valence-corrected chi connectivity index (χ3v) is 8.06. The fraction of sp³-hybridized carbons (Fsp3) is 0.484. The fourth-order valence-corrected chi connectivity index (χ4v) is 5.69. The maximum absolute atomic E-state index is 11.9. The molecule has 11 nitrogen and oxygen atoms in total. The van der Waals surface area contributed by atoms with Crippen LogP contribution in [0, 0.1) is 23.7 Å². The molecule has 10 atom stereocenters. The topological polar surface area (TPSA) is 201 Å². The highest BCUT2D eigenvalue weighted by atomic mass is 16.5. The summed E-state index contributed by atoms with van der Waals surface area (Å²) in [7, 11) is 0. The molecule has 224 valence electrons. The van der Waals surface area contributed by atoms with E-state index in [-0.39, 0.29) is 26.1 Å². The zero-order chi connectivity index (χ0) is 30.2. The van der Waals surface area contributed by atoms with Crippen molar-refractivity contribution in [1.82, 2.24) is 0 Å². The van der Waals surface area contributed by atoms with Crippen molar-refractivity contribution in [3.63, 3.8) is 0 Å². The van der Waals surface area contributed by atoms with Gasteiger partial charge in [-0.25, -0.2) is 0 Å². The van der Waals surface area contributed by atoms with Gasteiger partial charge in [-0.15, -0.1) is 0 Å². The van der Waals surface area contributed by atoms with Crippen LogP contribution in [0.3, 0.4) is 0 Å². The average Bonchev–Trinajstić information content (AvgIpc) is 3.23. The lowest BCUT2D eigenvalue weighted by Gasteiger charge is -2.37. The van der Waals surface area contributed by atoms with Gasteiger partial charge in [-0.2, -0.15) is 0 Å². The van der Waals surface area contributed by atoms with Gasteiger partial charge in [0.1, 0.15) is 48.3 Å². The van der Waals surface area contributed by atoms with Crippen LogP contribution in [0.15, 0.2) is 36.4 Å². The highest BCUT2D eigenvalue weighted by Crippen LogP contribution is 2.49. The van der Waals surface area contributed by atoms with Crippen LogP contribution >= 0.6 is 0 Å². The van der Waals surface area contributed by atoms with Gasteiger partial charge in [0.05, 0.1) is 25.4 Å². The van der Waals surface area contributed by atoms with E-state index in [0.717, 1.165) is 11.1 Å². The molecule has 2 heterocycles. The molecule has 3 aliphatic rings. The molecule has 2 aromatic rings. The van der Waals surface area contributed by atoms with E-state index >= 15 is 0 Å². The summed E-state index contributed by atoms with van der Waals surface area (Å²) in [5.41, 5.74) is 1.82. The molecule has 2 fully saturated rings. The normalized spacial score (nSPS) is 35.3. The van der Waals surface area contributed by atoms with E-state index in [4.69, 9.17) is 9.47 Å². The van der Waals surface area contributed by atoms with Gasteiger partial charge in [0.2, 0.25) is 0 Å². The number of hydrogen-bond acceptors (Lipinski definition) is 11. The predicted molar refractivity (Wildman–Crippen MR) is 146 cm³/mol. The zero-order valence-electron chi connectivity index (χ0n) is 22.5. The molecule has 1 aliphatic carbocycles. The Bertz CT molecular complexity index is 1420. The minimum atomic E-state index is -1.59. The van der Waals surface area contributed by atoms with Crippen LogP contribution in [0.25, 0.3) is 11.1 Å². The van der Waals surface area contributed by atoms with Gasteiger partial charge >= 0.3 is 0 Å². The van der Waals surface area contributed by atoms with E-state index in [1.54, 1.807) is 36.4 Å². The van der Waals surface area contributed by atoms with Gasteiger partial charge < -0.3 is 55.4 Å². The molecule has 11 heteroatoms. The minimum absolute atomic E-state index is 0.0255. The Kier molecular flexibility index (Phi) is 9.02. The predicted octanol–water partition coefficient (Wildman–Crippen LogP) is -2.30. The molecule has 0 spiro atoms. The Morgan fingerprint density at radius 3 is 1.81 bits per heavy atom. The quantitative estimate of drug-likeness (QED) is 0.176.